The Morgan fingerprint density at radius 3 is 0.548 bits per heavy atom. The fourth-order valence-electron chi connectivity index (χ4n) is 10.1. The summed E-state index contributed by atoms with van der Waals surface area (Å²) in [6.45, 7) is 14.4. The molecule has 4 heterocycles. The van der Waals surface area contributed by atoms with Gasteiger partial charge < -0.3 is 0 Å². The van der Waals surface area contributed by atoms with Crippen LogP contribution in [0.15, 0.2) is 72.8 Å². The van der Waals surface area contributed by atoms with Gasteiger partial charge in [0.1, 0.15) is 0 Å². The Labute approximate surface area is 354 Å². The van der Waals surface area contributed by atoms with Gasteiger partial charge in [-0.3, -0.25) is 58.0 Å². The van der Waals surface area contributed by atoms with Gasteiger partial charge in [-0.05, 0) is 136 Å². The Hall–Kier alpha value is -7.34. The van der Waals surface area contributed by atoms with Crippen LogP contribution in [0.3, 0.4) is 0 Å². The zero-order valence-corrected chi connectivity index (χ0v) is 35.3. The number of imide groups is 4. The van der Waals surface area contributed by atoms with Crippen LogP contribution in [0.2, 0.25) is 0 Å². The number of benzene rings is 7. The minimum absolute atomic E-state index is 0.252. The molecule has 0 unspecified atom stereocenters. The number of carbonyl (C=O) groups is 8. The number of fused-ring (bicyclic) bond motifs is 2. The molecule has 0 N–H and O–H groups in total. The molecule has 12 heteroatoms. The van der Waals surface area contributed by atoms with Crippen molar-refractivity contribution >= 4 is 101 Å². The van der Waals surface area contributed by atoms with E-state index in [9.17, 15) is 38.4 Å². The van der Waals surface area contributed by atoms with Gasteiger partial charge in [0.05, 0.1) is 0 Å². The summed E-state index contributed by atoms with van der Waals surface area (Å²) in [5, 5.41) is 7.49. The second kappa shape index (κ2) is 13.1. The molecule has 11 rings (SSSR count). The average molecular weight is 825 g/mol. The van der Waals surface area contributed by atoms with Gasteiger partial charge in [-0.25, -0.2) is 0 Å². The van der Waals surface area contributed by atoms with Crippen molar-refractivity contribution in [2.75, 3.05) is 0 Å². The van der Waals surface area contributed by atoms with Crippen LogP contribution < -0.4 is 0 Å². The summed E-state index contributed by atoms with van der Waals surface area (Å²) in [5.74, 6) is -2.72. The first-order chi connectivity index (χ1) is 29.5. The first-order valence-electron chi connectivity index (χ1n) is 20.8. The Morgan fingerprint density at radius 2 is 0.387 bits per heavy atom. The number of nitrogens with zero attached hydrogens (tertiary/aromatic N) is 4. The fourth-order valence-corrected chi connectivity index (χ4v) is 10.1. The lowest BCUT2D eigenvalue weighted by atomic mass is 9.82. The highest BCUT2D eigenvalue weighted by Crippen LogP contribution is 2.47. The molecule has 0 atom stereocenters. The van der Waals surface area contributed by atoms with Gasteiger partial charge in [0.25, 0.3) is 47.3 Å². The van der Waals surface area contributed by atoms with Crippen molar-refractivity contribution in [1.82, 2.24) is 19.6 Å². The molecule has 0 saturated heterocycles. The van der Waals surface area contributed by atoms with Crippen molar-refractivity contribution in [3.05, 3.63) is 117 Å². The van der Waals surface area contributed by atoms with E-state index in [-0.39, 0.29) is 47.8 Å². The van der Waals surface area contributed by atoms with Crippen molar-refractivity contribution in [2.24, 2.45) is 0 Å². The quantitative estimate of drug-likeness (QED) is 0.0974. The summed E-state index contributed by atoms with van der Waals surface area (Å²) in [5.41, 5.74) is 3.49. The maximum atomic E-state index is 13.3. The van der Waals surface area contributed by atoms with E-state index in [4.69, 9.17) is 0 Å². The summed E-state index contributed by atoms with van der Waals surface area (Å²) in [4.78, 5) is 110. The summed E-state index contributed by atoms with van der Waals surface area (Å²) >= 11 is 0. The third-order valence-corrected chi connectivity index (χ3v) is 12.7. The molecule has 0 fully saturated rings. The zero-order valence-electron chi connectivity index (χ0n) is 35.3. The minimum Gasteiger partial charge on any atom is -0.272 e. The van der Waals surface area contributed by atoms with Crippen LogP contribution in [0.4, 0.5) is 0 Å². The SMILES string of the molecule is CC(C)N1C(=O)c2ccc3c4c(ccc(c24)C1=O)C(=O)N(C(C)C)C3=O.CC(C)N1C(=O)c2ccc3c4ccc5c6c(ccc(c7ccc(c2c37)C1=O)c64)C(=O)N(C(C)C)C5=O. The molecule has 0 spiro atoms. The predicted molar refractivity (Wildman–Crippen MR) is 234 cm³/mol. The van der Waals surface area contributed by atoms with E-state index in [1.54, 1.807) is 76.2 Å². The van der Waals surface area contributed by atoms with Crippen molar-refractivity contribution < 1.29 is 38.4 Å². The van der Waals surface area contributed by atoms with E-state index >= 15 is 0 Å². The van der Waals surface area contributed by atoms with Gasteiger partial charge in [0.2, 0.25) is 0 Å². The normalized spacial score (nSPS) is 16.1. The highest BCUT2D eigenvalue weighted by molar-refractivity contribution is 6.41. The molecule has 0 aromatic heterocycles. The Kier molecular flexibility index (Phi) is 8.19. The second-order valence-electron chi connectivity index (χ2n) is 17.5. The van der Waals surface area contributed by atoms with Crippen molar-refractivity contribution in [3.63, 3.8) is 0 Å². The number of hydrogen-bond donors (Lipinski definition) is 0. The fraction of sp³-hybridized carbons (Fsp3) is 0.240. The molecule has 4 aliphatic heterocycles. The van der Waals surface area contributed by atoms with Crippen LogP contribution in [0.25, 0.3) is 53.9 Å². The maximum Gasteiger partial charge on any atom is 0.261 e. The van der Waals surface area contributed by atoms with Gasteiger partial charge in [-0.2, -0.15) is 0 Å². The second-order valence-corrected chi connectivity index (χ2v) is 17.5. The van der Waals surface area contributed by atoms with E-state index in [2.05, 4.69) is 0 Å². The molecule has 7 aromatic rings. The topological polar surface area (TPSA) is 150 Å². The van der Waals surface area contributed by atoms with Crippen LogP contribution in [-0.4, -0.2) is 91.0 Å². The highest BCUT2D eigenvalue weighted by Gasteiger charge is 2.42. The molecule has 308 valence electrons. The molecule has 8 amide bonds. The molecular formula is C50H40N4O8. The van der Waals surface area contributed by atoms with Crippen LogP contribution in [0, 0.1) is 0 Å². The van der Waals surface area contributed by atoms with Gasteiger partial charge in [-0.1, -0.05) is 24.3 Å². The highest BCUT2D eigenvalue weighted by atomic mass is 16.2. The predicted octanol–water partition coefficient (Wildman–Crippen LogP) is 8.59. The van der Waals surface area contributed by atoms with Gasteiger partial charge in [0.15, 0.2) is 0 Å². The summed E-state index contributed by atoms with van der Waals surface area (Å²) < 4.78 is 0. The maximum absolute atomic E-state index is 13.3. The third-order valence-electron chi connectivity index (χ3n) is 12.7. The molecule has 62 heavy (non-hydrogen) atoms. The van der Waals surface area contributed by atoms with E-state index in [0.29, 0.717) is 66.1 Å². The Balaban J connectivity index is 0.000000156. The van der Waals surface area contributed by atoms with E-state index in [1.165, 1.54) is 19.6 Å². The largest absolute Gasteiger partial charge is 0.272 e. The lowest BCUT2D eigenvalue weighted by Gasteiger charge is -2.34. The summed E-state index contributed by atoms with van der Waals surface area (Å²) in [6.07, 6.45) is 0. The standard InChI is InChI=1S/C30H22N2O4.C20H18N2O4/c1-13(2)31-27(33)19-9-5-15-17-7-11-21-26-22(30(36)32(14(3)4)29(21)35)12-8-18(24(17)26)16-6-10-20(28(31)34)25(19)23(15)16;1-9(2)21-17(23)11-5-7-13-16-14(8-6-12(15(11)16)18(21)24)20(26)22(10(3)4)19(13)25/h5-14H,1-4H3;5-10H,1-4H3. The van der Waals surface area contributed by atoms with Crippen molar-refractivity contribution in [1.29, 1.82) is 0 Å². The van der Waals surface area contributed by atoms with E-state index in [1.807, 2.05) is 52.0 Å². The number of rotatable bonds is 4. The first kappa shape index (κ1) is 38.8. The lowest BCUT2D eigenvalue weighted by Crippen LogP contribution is -2.47. The molecule has 7 aromatic carbocycles. The molecule has 0 bridgehead atoms. The van der Waals surface area contributed by atoms with Gasteiger partial charge in [0, 0.05) is 90.2 Å². The van der Waals surface area contributed by atoms with Crippen molar-refractivity contribution in [2.45, 2.75) is 79.6 Å². The number of amides is 8. The lowest BCUT2D eigenvalue weighted by molar-refractivity contribution is 0.0541. The molecule has 0 radical (unpaired) electrons. The molecule has 12 nitrogen and oxygen atoms in total. The number of hydrogen-bond acceptors (Lipinski definition) is 8. The summed E-state index contributed by atoms with van der Waals surface area (Å²) in [7, 11) is 0. The van der Waals surface area contributed by atoms with Gasteiger partial charge in [-0.15, -0.1) is 0 Å². The molecule has 0 saturated carbocycles. The van der Waals surface area contributed by atoms with Crippen molar-refractivity contribution in [3.8, 4) is 0 Å². The zero-order chi connectivity index (χ0) is 44.1. The molecule has 0 aliphatic carbocycles. The van der Waals surface area contributed by atoms with Crippen LogP contribution >= 0.6 is 0 Å². The number of carbonyl (C=O) groups excluding carboxylic acids is 8. The Bertz CT molecular complexity index is 2930. The van der Waals surface area contributed by atoms with Crippen LogP contribution in [-0.2, 0) is 0 Å². The van der Waals surface area contributed by atoms with Crippen LogP contribution in [0.1, 0.15) is 138 Å². The Morgan fingerprint density at radius 1 is 0.242 bits per heavy atom. The molecule has 4 aliphatic rings. The molecular weight excluding hydrogens is 785 g/mol. The first-order valence-corrected chi connectivity index (χ1v) is 20.8. The van der Waals surface area contributed by atoms with Gasteiger partial charge >= 0.3 is 0 Å². The smallest absolute Gasteiger partial charge is 0.261 e. The van der Waals surface area contributed by atoms with E-state index < -0.39 is 23.6 Å². The summed E-state index contributed by atoms with van der Waals surface area (Å²) in [6, 6.07) is 20.2. The third kappa shape index (κ3) is 4.83. The average Bonchev–Trinajstić information content (AvgIpc) is 3.22. The van der Waals surface area contributed by atoms with E-state index in [0.717, 1.165) is 32.3 Å². The minimum atomic E-state index is -0.396. The van der Waals surface area contributed by atoms with Crippen LogP contribution in [0.5, 0.6) is 0 Å². The monoisotopic (exact) mass is 824 g/mol.